The number of rotatable bonds is 7. The highest BCUT2D eigenvalue weighted by atomic mass is 16.5. The Morgan fingerprint density at radius 3 is 2.79 bits per heavy atom. The molecule has 0 spiro atoms. The zero-order chi connectivity index (χ0) is 14.5. The van der Waals surface area contributed by atoms with E-state index in [4.69, 9.17) is 15.6 Å². The normalized spacial score (nSPS) is 13.1. The van der Waals surface area contributed by atoms with Gasteiger partial charge >= 0.3 is 5.97 Å². The lowest BCUT2D eigenvalue weighted by Crippen LogP contribution is -2.44. The second-order valence-corrected chi connectivity index (χ2v) is 5.19. The van der Waals surface area contributed by atoms with Crippen molar-refractivity contribution in [1.82, 2.24) is 5.32 Å². The molecule has 4 N–H and O–H groups in total. The third-order valence-corrected chi connectivity index (χ3v) is 3.10. The van der Waals surface area contributed by atoms with Gasteiger partial charge in [0, 0.05) is 18.5 Å². The molecule has 19 heavy (non-hydrogen) atoms. The molecule has 1 atom stereocenters. The molecule has 1 aromatic carbocycles. The van der Waals surface area contributed by atoms with Crippen LogP contribution in [-0.4, -0.2) is 37.3 Å². The zero-order valence-electron chi connectivity index (χ0n) is 11.6. The molecule has 1 rings (SSSR count). The minimum Gasteiger partial charge on any atom is -0.497 e. The van der Waals surface area contributed by atoms with Gasteiger partial charge in [-0.1, -0.05) is 26.0 Å². The second-order valence-electron chi connectivity index (χ2n) is 5.19. The summed E-state index contributed by atoms with van der Waals surface area (Å²) in [6.07, 6.45) is 0. The number of benzene rings is 1. The molecule has 106 valence electrons. The summed E-state index contributed by atoms with van der Waals surface area (Å²) >= 11 is 0. The van der Waals surface area contributed by atoms with E-state index in [-0.39, 0.29) is 12.0 Å². The van der Waals surface area contributed by atoms with Gasteiger partial charge in [-0.05, 0) is 17.7 Å². The van der Waals surface area contributed by atoms with Gasteiger partial charge in [0.25, 0.3) is 0 Å². The Morgan fingerprint density at radius 2 is 2.21 bits per heavy atom. The van der Waals surface area contributed by atoms with Crippen molar-refractivity contribution in [3.05, 3.63) is 29.8 Å². The molecule has 0 aliphatic heterocycles. The average molecular weight is 266 g/mol. The Morgan fingerprint density at radius 1 is 1.53 bits per heavy atom. The molecule has 0 heterocycles. The van der Waals surface area contributed by atoms with E-state index in [1.807, 2.05) is 24.3 Å². The van der Waals surface area contributed by atoms with Crippen LogP contribution in [0.1, 0.15) is 19.4 Å². The van der Waals surface area contributed by atoms with Crippen LogP contribution >= 0.6 is 0 Å². The Hall–Kier alpha value is -1.59. The Kier molecular flexibility index (Phi) is 5.32. The fraction of sp³-hybridized carbons (Fsp3) is 0.500. The maximum absolute atomic E-state index is 10.6. The molecule has 0 bridgehead atoms. The number of ether oxygens (including phenoxy) is 1. The number of nitrogens with one attached hydrogen (secondary N) is 1. The minimum absolute atomic E-state index is 0.132. The highest BCUT2D eigenvalue weighted by Gasteiger charge is 2.21. The van der Waals surface area contributed by atoms with Crippen LogP contribution < -0.4 is 15.8 Å². The molecule has 0 aliphatic rings. The van der Waals surface area contributed by atoms with Crippen molar-refractivity contribution in [3.63, 3.8) is 0 Å². The van der Waals surface area contributed by atoms with E-state index in [1.54, 1.807) is 7.11 Å². The van der Waals surface area contributed by atoms with Crippen molar-refractivity contribution in [2.24, 2.45) is 5.73 Å². The predicted molar refractivity (Wildman–Crippen MR) is 74.5 cm³/mol. The first kappa shape index (κ1) is 15.5. The molecule has 0 fully saturated rings. The first-order valence-electron chi connectivity index (χ1n) is 6.20. The summed E-state index contributed by atoms with van der Waals surface area (Å²) in [5, 5.41) is 11.8. The van der Waals surface area contributed by atoms with Crippen molar-refractivity contribution in [3.8, 4) is 5.75 Å². The van der Waals surface area contributed by atoms with Gasteiger partial charge in [-0.2, -0.15) is 0 Å². The molecule has 0 radical (unpaired) electrons. The van der Waals surface area contributed by atoms with Crippen LogP contribution in [0.4, 0.5) is 0 Å². The van der Waals surface area contributed by atoms with Crippen molar-refractivity contribution in [1.29, 1.82) is 0 Å². The van der Waals surface area contributed by atoms with Crippen LogP contribution in [0.15, 0.2) is 24.3 Å². The van der Waals surface area contributed by atoms with Crippen molar-refractivity contribution >= 4 is 5.97 Å². The Balaban J connectivity index is 2.62. The van der Waals surface area contributed by atoms with Gasteiger partial charge in [0.2, 0.25) is 0 Å². The topological polar surface area (TPSA) is 84.6 Å². The lowest BCUT2D eigenvalue weighted by Gasteiger charge is -2.26. The quantitative estimate of drug-likeness (QED) is 0.685. The summed E-state index contributed by atoms with van der Waals surface area (Å²) < 4.78 is 5.21. The Bertz CT molecular complexity index is 432. The molecule has 0 amide bonds. The third kappa shape index (κ3) is 4.54. The second kappa shape index (κ2) is 6.54. The molecular weight excluding hydrogens is 244 g/mol. The maximum Gasteiger partial charge on any atom is 0.321 e. The van der Waals surface area contributed by atoms with E-state index in [9.17, 15) is 4.79 Å². The number of hydrogen-bond donors (Lipinski definition) is 3. The third-order valence-electron chi connectivity index (χ3n) is 3.10. The number of aliphatic carboxylic acids is 1. The molecule has 1 aromatic rings. The molecule has 5 nitrogen and oxygen atoms in total. The summed E-state index contributed by atoms with van der Waals surface area (Å²) in [5.74, 6) is -0.181. The van der Waals surface area contributed by atoms with Crippen molar-refractivity contribution in [2.45, 2.75) is 25.3 Å². The molecule has 0 aliphatic carbocycles. The highest BCUT2D eigenvalue weighted by molar-refractivity contribution is 5.73. The summed E-state index contributed by atoms with van der Waals surface area (Å²) in [6, 6.07) is 6.98. The van der Waals surface area contributed by atoms with Gasteiger partial charge < -0.3 is 20.9 Å². The number of carbonyl (C=O) groups is 1. The zero-order valence-corrected chi connectivity index (χ0v) is 11.6. The highest BCUT2D eigenvalue weighted by Crippen LogP contribution is 2.25. The van der Waals surface area contributed by atoms with E-state index in [0.717, 1.165) is 11.3 Å². The van der Waals surface area contributed by atoms with E-state index in [1.165, 1.54) is 0 Å². The van der Waals surface area contributed by atoms with Crippen LogP contribution in [0, 0.1) is 0 Å². The molecule has 0 aromatic heterocycles. The van der Waals surface area contributed by atoms with Crippen LogP contribution in [0.3, 0.4) is 0 Å². The lowest BCUT2D eigenvalue weighted by molar-refractivity contribution is -0.138. The first-order valence-corrected chi connectivity index (χ1v) is 6.20. The monoisotopic (exact) mass is 266 g/mol. The molecule has 0 saturated heterocycles. The van der Waals surface area contributed by atoms with Gasteiger partial charge in [-0.15, -0.1) is 0 Å². The van der Waals surface area contributed by atoms with Crippen LogP contribution in [0.25, 0.3) is 0 Å². The number of hydrogen-bond acceptors (Lipinski definition) is 4. The summed E-state index contributed by atoms with van der Waals surface area (Å²) in [6.45, 7) is 5.06. The van der Waals surface area contributed by atoms with Crippen LogP contribution in [0.2, 0.25) is 0 Å². The van der Waals surface area contributed by atoms with E-state index < -0.39 is 12.0 Å². The van der Waals surface area contributed by atoms with Crippen LogP contribution in [0.5, 0.6) is 5.75 Å². The van der Waals surface area contributed by atoms with Gasteiger partial charge in [0.05, 0.1) is 7.11 Å². The summed E-state index contributed by atoms with van der Waals surface area (Å²) in [7, 11) is 1.64. The summed E-state index contributed by atoms with van der Waals surface area (Å²) in [4.78, 5) is 10.6. The summed E-state index contributed by atoms with van der Waals surface area (Å²) in [5.41, 5.74) is 6.44. The number of carboxylic acid groups (broad SMARTS) is 1. The van der Waals surface area contributed by atoms with Crippen molar-refractivity contribution < 1.29 is 14.6 Å². The lowest BCUT2D eigenvalue weighted by atomic mass is 9.84. The van der Waals surface area contributed by atoms with Crippen LogP contribution in [-0.2, 0) is 10.2 Å². The van der Waals surface area contributed by atoms with E-state index in [0.29, 0.717) is 6.54 Å². The Labute approximate surface area is 113 Å². The smallest absolute Gasteiger partial charge is 0.321 e. The van der Waals surface area contributed by atoms with Gasteiger partial charge in [-0.3, -0.25) is 4.79 Å². The molecule has 1 unspecified atom stereocenters. The first-order chi connectivity index (χ1) is 8.86. The van der Waals surface area contributed by atoms with Gasteiger partial charge in [0.1, 0.15) is 11.8 Å². The average Bonchev–Trinajstić information content (AvgIpc) is 2.38. The number of nitrogens with two attached hydrogens (primary N) is 1. The molecule has 5 heteroatoms. The molecular formula is C14H22N2O3. The minimum atomic E-state index is -0.994. The standard InChI is InChI=1S/C14H22N2O3/c1-14(2,9-16-8-12(15)13(17)18)10-5-4-6-11(7-10)19-3/h4-7,12,16H,8-9,15H2,1-3H3,(H,17,18). The number of methoxy groups -OCH3 is 1. The number of carboxylic acids is 1. The van der Waals surface area contributed by atoms with E-state index in [2.05, 4.69) is 19.2 Å². The predicted octanol–water partition coefficient (Wildman–Crippen LogP) is 0.974. The molecule has 0 saturated carbocycles. The largest absolute Gasteiger partial charge is 0.497 e. The fourth-order valence-corrected chi connectivity index (χ4v) is 1.77. The van der Waals surface area contributed by atoms with Gasteiger partial charge in [0.15, 0.2) is 0 Å². The maximum atomic E-state index is 10.6. The van der Waals surface area contributed by atoms with Crippen molar-refractivity contribution in [2.75, 3.05) is 20.2 Å². The van der Waals surface area contributed by atoms with E-state index >= 15 is 0 Å². The SMILES string of the molecule is COc1cccc(C(C)(C)CNCC(N)C(=O)O)c1. The van der Waals surface area contributed by atoms with Gasteiger partial charge in [-0.25, -0.2) is 0 Å². The fourth-order valence-electron chi connectivity index (χ4n) is 1.77.